The molecule has 18 heavy (non-hydrogen) atoms. The van der Waals surface area contributed by atoms with Crippen LogP contribution in [0.15, 0.2) is 10.3 Å². The van der Waals surface area contributed by atoms with E-state index in [9.17, 15) is 9.59 Å². The van der Waals surface area contributed by atoms with E-state index < -0.39 is 11.6 Å². The molecule has 8 heteroatoms. The van der Waals surface area contributed by atoms with E-state index in [0.717, 1.165) is 0 Å². The molecule has 0 aliphatic rings. The first-order chi connectivity index (χ1) is 8.46. The average molecular weight is 254 g/mol. The second-order valence-corrected chi connectivity index (χ2v) is 3.51. The molecule has 0 bridgehead atoms. The monoisotopic (exact) mass is 254 g/mol. The van der Waals surface area contributed by atoms with Crippen LogP contribution in [-0.2, 0) is 9.59 Å². The Morgan fingerprint density at radius 2 is 1.50 bits per heavy atom. The summed E-state index contributed by atoms with van der Waals surface area (Å²) in [5, 5.41) is 31.5. The normalized spacial score (nSPS) is 12.3. The third kappa shape index (κ3) is 5.18. The number of carbonyl (C=O) groups excluding carboxylic acids is 2. The highest BCUT2D eigenvalue weighted by molar-refractivity contribution is 6.40. The maximum atomic E-state index is 11.1. The van der Waals surface area contributed by atoms with Crippen LogP contribution in [0.4, 0.5) is 0 Å². The Bertz CT molecular complexity index is 390. The molecule has 0 aliphatic carbocycles. The van der Waals surface area contributed by atoms with Crippen LogP contribution < -0.4 is 0 Å². The zero-order chi connectivity index (χ0) is 14.1. The number of ketones is 2. The van der Waals surface area contributed by atoms with Gasteiger partial charge in [-0.15, -0.1) is 0 Å². The lowest BCUT2D eigenvalue weighted by molar-refractivity contribution is -0.112. The minimum Gasteiger partial charge on any atom is -0.411 e. The Balaban J connectivity index is 4.83. The molecule has 0 rings (SSSR count). The minimum atomic E-state index is -0.453. The van der Waals surface area contributed by atoms with Crippen molar-refractivity contribution < 1.29 is 20.0 Å². The largest absolute Gasteiger partial charge is 0.411 e. The van der Waals surface area contributed by atoms with Gasteiger partial charge < -0.3 is 10.4 Å². The highest BCUT2D eigenvalue weighted by Gasteiger charge is 2.17. The van der Waals surface area contributed by atoms with Crippen LogP contribution in [0, 0.1) is 11.3 Å². The van der Waals surface area contributed by atoms with Crippen molar-refractivity contribution in [3.05, 3.63) is 0 Å². The first kappa shape index (κ1) is 15.7. The average Bonchev–Trinajstić information content (AvgIpc) is 2.31. The van der Waals surface area contributed by atoms with Crippen LogP contribution in [0.25, 0.3) is 0 Å². The van der Waals surface area contributed by atoms with Crippen LogP contribution in [0.3, 0.4) is 0 Å². The molecular weight excluding hydrogens is 240 g/mol. The van der Waals surface area contributed by atoms with Gasteiger partial charge in [0.05, 0.1) is 12.6 Å². The minimum absolute atomic E-state index is 0.113. The SMILES string of the molecule is CC(=O)/C(CN(CC#N)C/C(=N/O)C(C)=O)=N\O. The number of nitrogens with zero attached hydrogens (tertiary/aromatic N) is 4. The maximum Gasteiger partial charge on any atom is 0.178 e. The van der Waals surface area contributed by atoms with Crippen LogP contribution in [0.1, 0.15) is 13.8 Å². The molecule has 0 aromatic rings. The molecule has 0 aliphatic heterocycles. The summed E-state index contributed by atoms with van der Waals surface area (Å²) in [6.07, 6.45) is 0. The lowest BCUT2D eigenvalue weighted by Crippen LogP contribution is -2.38. The molecule has 98 valence electrons. The molecule has 0 saturated carbocycles. The van der Waals surface area contributed by atoms with Crippen LogP contribution in [0.2, 0.25) is 0 Å². The lowest BCUT2D eigenvalue weighted by atomic mass is 10.2. The Hall–Kier alpha value is -2.27. The molecule has 8 nitrogen and oxygen atoms in total. The molecule has 0 saturated heterocycles. The fraction of sp³-hybridized carbons (Fsp3) is 0.500. The van der Waals surface area contributed by atoms with Gasteiger partial charge in [-0.25, -0.2) is 0 Å². The van der Waals surface area contributed by atoms with Gasteiger partial charge in [-0.1, -0.05) is 10.3 Å². The fourth-order valence-electron chi connectivity index (χ4n) is 1.12. The van der Waals surface area contributed by atoms with Gasteiger partial charge in [0, 0.05) is 26.9 Å². The Morgan fingerprint density at radius 1 is 1.11 bits per heavy atom. The molecule has 0 spiro atoms. The second kappa shape index (κ2) is 7.92. The van der Waals surface area contributed by atoms with Gasteiger partial charge in [0.25, 0.3) is 0 Å². The van der Waals surface area contributed by atoms with Gasteiger partial charge in [0.1, 0.15) is 11.4 Å². The van der Waals surface area contributed by atoms with Crippen molar-refractivity contribution in [1.29, 1.82) is 5.26 Å². The number of carbonyl (C=O) groups is 2. The number of rotatable bonds is 7. The molecule has 0 aromatic heterocycles. The third-order valence-corrected chi connectivity index (χ3v) is 2.10. The second-order valence-electron chi connectivity index (χ2n) is 3.51. The van der Waals surface area contributed by atoms with Crippen LogP contribution >= 0.6 is 0 Å². The number of Topliss-reactive ketones (excluding diaryl/α,β-unsaturated/α-hetero) is 2. The van der Waals surface area contributed by atoms with Gasteiger partial charge in [-0.2, -0.15) is 5.26 Å². The van der Waals surface area contributed by atoms with E-state index in [2.05, 4.69) is 10.3 Å². The highest BCUT2D eigenvalue weighted by Crippen LogP contribution is 1.94. The Morgan fingerprint density at radius 3 is 1.72 bits per heavy atom. The summed E-state index contributed by atoms with van der Waals surface area (Å²) < 4.78 is 0. The summed E-state index contributed by atoms with van der Waals surface area (Å²) in [6, 6.07) is 1.83. The first-order valence-electron chi connectivity index (χ1n) is 4.99. The van der Waals surface area contributed by atoms with Crippen molar-refractivity contribution in [2.75, 3.05) is 19.6 Å². The van der Waals surface area contributed by atoms with Crippen molar-refractivity contribution in [3.8, 4) is 6.07 Å². The van der Waals surface area contributed by atoms with Crippen molar-refractivity contribution in [2.45, 2.75) is 13.8 Å². The van der Waals surface area contributed by atoms with Crippen molar-refractivity contribution in [1.82, 2.24) is 4.90 Å². The quantitative estimate of drug-likeness (QED) is 0.277. The molecule has 0 aromatic carbocycles. The Kier molecular flexibility index (Phi) is 6.92. The summed E-state index contributed by atoms with van der Waals surface area (Å²) in [4.78, 5) is 23.5. The standard InChI is InChI=1S/C10H14N4O4/c1-7(15)9(12-17)5-14(4-3-11)6-10(13-18)8(2)16/h17-18H,4-6H2,1-2H3/b12-9-,13-10-. The van der Waals surface area contributed by atoms with E-state index in [1.54, 1.807) is 0 Å². The van der Waals surface area contributed by atoms with E-state index in [0.29, 0.717) is 0 Å². The van der Waals surface area contributed by atoms with Gasteiger partial charge in [-0.05, 0) is 0 Å². The molecule has 0 unspecified atom stereocenters. The zero-order valence-electron chi connectivity index (χ0n) is 10.1. The third-order valence-electron chi connectivity index (χ3n) is 2.10. The summed E-state index contributed by atoms with van der Waals surface area (Å²) >= 11 is 0. The number of oxime groups is 2. The maximum absolute atomic E-state index is 11.1. The van der Waals surface area contributed by atoms with E-state index in [1.807, 2.05) is 6.07 Å². The molecule has 0 radical (unpaired) electrons. The van der Waals surface area contributed by atoms with E-state index in [4.69, 9.17) is 15.7 Å². The fourth-order valence-corrected chi connectivity index (χ4v) is 1.12. The molecule has 0 amide bonds. The van der Waals surface area contributed by atoms with Crippen molar-refractivity contribution in [2.24, 2.45) is 10.3 Å². The lowest BCUT2D eigenvalue weighted by Gasteiger charge is -2.18. The first-order valence-corrected chi connectivity index (χ1v) is 4.99. The number of hydrogen-bond donors (Lipinski definition) is 2. The van der Waals surface area contributed by atoms with Crippen LogP contribution in [0.5, 0.6) is 0 Å². The predicted octanol–water partition coefficient (Wildman–Crippen LogP) is -0.350. The van der Waals surface area contributed by atoms with E-state index in [-0.39, 0.29) is 31.1 Å². The molecule has 2 N–H and O–H groups in total. The van der Waals surface area contributed by atoms with Gasteiger partial charge in [0.15, 0.2) is 11.6 Å². The van der Waals surface area contributed by atoms with E-state index in [1.165, 1.54) is 18.7 Å². The molecular formula is C10H14N4O4. The highest BCUT2D eigenvalue weighted by atomic mass is 16.4. The van der Waals surface area contributed by atoms with Gasteiger partial charge in [-0.3, -0.25) is 14.5 Å². The number of hydrogen-bond acceptors (Lipinski definition) is 8. The van der Waals surface area contributed by atoms with Crippen molar-refractivity contribution >= 4 is 23.0 Å². The zero-order valence-corrected chi connectivity index (χ0v) is 10.1. The molecule has 0 fully saturated rings. The smallest absolute Gasteiger partial charge is 0.178 e. The van der Waals surface area contributed by atoms with Crippen LogP contribution in [-0.4, -0.2) is 57.9 Å². The Labute approximate surface area is 104 Å². The van der Waals surface area contributed by atoms with Gasteiger partial charge >= 0.3 is 0 Å². The van der Waals surface area contributed by atoms with E-state index >= 15 is 0 Å². The summed E-state index contributed by atoms with van der Waals surface area (Å²) in [6.45, 7) is 2.08. The summed E-state index contributed by atoms with van der Waals surface area (Å²) in [7, 11) is 0. The molecule has 0 heterocycles. The topological polar surface area (TPSA) is 126 Å². The number of nitriles is 1. The van der Waals surface area contributed by atoms with Gasteiger partial charge in [0.2, 0.25) is 0 Å². The predicted molar refractivity (Wildman–Crippen MR) is 61.9 cm³/mol. The molecule has 0 atom stereocenters. The summed E-state index contributed by atoms with van der Waals surface area (Å²) in [5.74, 6) is -0.906. The summed E-state index contributed by atoms with van der Waals surface area (Å²) in [5.41, 5.74) is -0.294. The van der Waals surface area contributed by atoms with Crippen molar-refractivity contribution in [3.63, 3.8) is 0 Å².